The van der Waals surface area contributed by atoms with Gasteiger partial charge in [-0.15, -0.1) is 0 Å². The number of ether oxygens (including phenoxy) is 1. The van der Waals surface area contributed by atoms with Crippen LogP contribution in [0.25, 0.3) is 0 Å². The van der Waals surface area contributed by atoms with E-state index in [1.807, 2.05) is 31.2 Å². The van der Waals surface area contributed by atoms with E-state index in [1.54, 1.807) is 0 Å². The van der Waals surface area contributed by atoms with Gasteiger partial charge in [0.15, 0.2) is 0 Å². The van der Waals surface area contributed by atoms with E-state index in [4.69, 9.17) is 4.74 Å². The van der Waals surface area contributed by atoms with Crippen molar-refractivity contribution in [3.8, 4) is 0 Å². The van der Waals surface area contributed by atoms with Crippen molar-refractivity contribution in [3.63, 3.8) is 0 Å². The number of benzene rings is 1. The zero-order chi connectivity index (χ0) is 14.1. The van der Waals surface area contributed by atoms with Crippen LogP contribution >= 0.6 is 0 Å². The molecule has 1 aromatic carbocycles. The van der Waals surface area contributed by atoms with Crippen molar-refractivity contribution in [2.75, 3.05) is 13.7 Å². The second kappa shape index (κ2) is 8.48. The van der Waals surface area contributed by atoms with Gasteiger partial charge in [0.2, 0.25) is 0 Å². The highest BCUT2D eigenvalue weighted by molar-refractivity contribution is 5.88. The highest BCUT2D eigenvalue weighted by Crippen LogP contribution is 2.04. The second-order valence-electron chi connectivity index (χ2n) is 4.57. The lowest BCUT2D eigenvalue weighted by molar-refractivity contribution is -0.136. The average Bonchev–Trinajstić information content (AvgIpc) is 2.44. The Morgan fingerprint density at radius 2 is 2.05 bits per heavy atom. The van der Waals surface area contributed by atoms with Gasteiger partial charge < -0.3 is 10.1 Å². The van der Waals surface area contributed by atoms with Gasteiger partial charge in [0.25, 0.3) is 0 Å². The number of methoxy groups -OCH3 is 1. The fraction of sp³-hybridized carbons (Fsp3) is 0.438. The maximum Gasteiger partial charge on any atom is 0.333 e. The van der Waals surface area contributed by atoms with E-state index >= 15 is 0 Å². The summed E-state index contributed by atoms with van der Waals surface area (Å²) in [6, 6.07) is 10.7. The van der Waals surface area contributed by atoms with Crippen LogP contribution in [-0.2, 0) is 16.0 Å². The van der Waals surface area contributed by atoms with Crippen LogP contribution in [0.4, 0.5) is 0 Å². The molecule has 3 nitrogen and oxygen atoms in total. The van der Waals surface area contributed by atoms with Crippen LogP contribution in [0.1, 0.15) is 25.8 Å². The Labute approximate surface area is 115 Å². The summed E-state index contributed by atoms with van der Waals surface area (Å²) in [5, 5.41) is 3.39. The number of hydrogen-bond acceptors (Lipinski definition) is 3. The predicted octanol–water partition coefficient (Wildman–Crippen LogP) is 2.72. The van der Waals surface area contributed by atoms with E-state index in [0.29, 0.717) is 19.0 Å². The van der Waals surface area contributed by atoms with Gasteiger partial charge in [0.1, 0.15) is 0 Å². The van der Waals surface area contributed by atoms with Crippen LogP contribution in [-0.4, -0.2) is 25.7 Å². The van der Waals surface area contributed by atoms with E-state index in [9.17, 15) is 4.79 Å². The van der Waals surface area contributed by atoms with Crippen LogP contribution in [0.2, 0.25) is 0 Å². The van der Waals surface area contributed by atoms with Crippen molar-refractivity contribution in [3.05, 3.63) is 47.5 Å². The molecule has 1 atom stereocenters. The van der Waals surface area contributed by atoms with E-state index < -0.39 is 0 Å². The Hall–Kier alpha value is -1.61. The van der Waals surface area contributed by atoms with Crippen LogP contribution in [0.15, 0.2) is 42.0 Å². The third-order valence-corrected chi connectivity index (χ3v) is 3.03. The molecule has 0 aliphatic rings. The first-order valence-electron chi connectivity index (χ1n) is 6.72. The third-order valence-electron chi connectivity index (χ3n) is 3.03. The first-order chi connectivity index (χ1) is 9.17. The molecular weight excluding hydrogens is 238 g/mol. The maximum atomic E-state index is 11.4. The fourth-order valence-corrected chi connectivity index (χ4v) is 1.93. The molecule has 0 aliphatic carbocycles. The number of carbonyl (C=O) groups is 1. The first kappa shape index (κ1) is 15.4. The summed E-state index contributed by atoms with van der Waals surface area (Å²) in [6.07, 6.45) is 3.59. The van der Waals surface area contributed by atoms with Crippen LogP contribution in [0.5, 0.6) is 0 Å². The molecule has 19 heavy (non-hydrogen) atoms. The molecule has 104 valence electrons. The Balaban J connectivity index is 2.39. The third kappa shape index (κ3) is 5.71. The Morgan fingerprint density at radius 1 is 1.37 bits per heavy atom. The lowest BCUT2D eigenvalue weighted by Crippen LogP contribution is -2.28. The lowest BCUT2D eigenvalue weighted by Gasteiger charge is -2.12. The number of hydrogen-bond donors (Lipinski definition) is 1. The molecule has 1 N–H and O–H groups in total. The molecule has 0 spiro atoms. The molecule has 0 aliphatic heterocycles. The van der Waals surface area contributed by atoms with Crippen LogP contribution < -0.4 is 5.32 Å². The molecule has 0 fully saturated rings. The van der Waals surface area contributed by atoms with E-state index in [0.717, 1.165) is 12.0 Å². The van der Waals surface area contributed by atoms with Crippen LogP contribution in [0, 0.1) is 0 Å². The molecule has 0 aromatic heterocycles. The molecule has 3 heteroatoms. The minimum atomic E-state index is -0.236. The highest BCUT2D eigenvalue weighted by Gasteiger charge is 2.06. The topological polar surface area (TPSA) is 38.3 Å². The summed E-state index contributed by atoms with van der Waals surface area (Å²) in [6.45, 7) is 4.78. The molecule has 1 rings (SSSR count). The summed E-state index contributed by atoms with van der Waals surface area (Å²) in [4.78, 5) is 11.4. The molecule has 0 heterocycles. The number of esters is 1. The summed E-state index contributed by atoms with van der Waals surface area (Å²) < 4.78 is 4.72. The predicted molar refractivity (Wildman–Crippen MR) is 78.0 cm³/mol. The monoisotopic (exact) mass is 261 g/mol. The Bertz CT molecular complexity index is 412. The van der Waals surface area contributed by atoms with Gasteiger partial charge in [0.05, 0.1) is 7.11 Å². The van der Waals surface area contributed by atoms with Crippen molar-refractivity contribution < 1.29 is 9.53 Å². The standard InChI is InChI=1S/C16H23NO2/c1-4-15(16(18)19-3)10-11-17-13(2)12-14-8-6-5-7-9-14/h5-10,13,17H,4,11-12H2,1-3H3/b15-10-. The quantitative estimate of drug-likeness (QED) is 0.606. The van der Waals surface area contributed by atoms with Gasteiger partial charge in [0, 0.05) is 18.2 Å². The van der Waals surface area contributed by atoms with Crippen molar-refractivity contribution in [2.45, 2.75) is 32.7 Å². The minimum absolute atomic E-state index is 0.236. The summed E-state index contributed by atoms with van der Waals surface area (Å²) in [5.41, 5.74) is 2.04. The smallest absolute Gasteiger partial charge is 0.333 e. The van der Waals surface area contributed by atoms with Gasteiger partial charge in [-0.2, -0.15) is 0 Å². The van der Waals surface area contributed by atoms with E-state index in [2.05, 4.69) is 24.4 Å². The molecule has 1 aromatic rings. The highest BCUT2D eigenvalue weighted by atomic mass is 16.5. The average molecular weight is 261 g/mol. The number of carbonyl (C=O) groups excluding carboxylic acids is 1. The zero-order valence-corrected chi connectivity index (χ0v) is 12.0. The minimum Gasteiger partial charge on any atom is -0.466 e. The normalized spacial score (nSPS) is 13.1. The van der Waals surface area contributed by atoms with Gasteiger partial charge in [-0.05, 0) is 25.3 Å². The Kier molecular flexibility index (Phi) is 6.90. The molecule has 0 amide bonds. The lowest BCUT2D eigenvalue weighted by atomic mass is 10.1. The van der Waals surface area contributed by atoms with Crippen molar-refractivity contribution in [1.29, 1.82) is 0 Å². The first-order valence-corrected chi connectivity index (χ1v) is 6.72. The van der Waals surface area contributed by atoms with Crippen LogP contribution in [0.3, 0.4) is 0 Å². The van der Waals surface area contributed by atoms with Crippen molar-refractivity contribution in [1.82, 2.24) is 5.32 Å². The SMILES string of the molecule is CC/C(=C/CNC(C)Cc1ccccc1)C(=O)OC. The van der Waals surface area contributed by atoms with E-state index in [1.165, 1.54) is 12.7 Å². The van der Waals surface area contributed by atoms with E-state index in [-0.39, 0.29) is 5.97 Å². The molecule has 1 unspecified atom stereocenters. The fourth-order valence-electron chi connectivity index (χ4n) is 1.93. The van der Waals surface area contributed by atoms with Crippen molar-refractivity contribution >= 4 is 5.97 Å². The largest absolute Gasteiger partial charge is 0.466 e. The molecule has 0 saturated heterocycles. The molecule has 0 bridgehead atoms. The maximum absolute atomic E-state index is 11.4. The van der Waals surface area contributed by atoms with Crippen molar-refractivity contribution in [2.24, 2.45) is 0 Å². The summed E-state index contributed by atoms with van der Waals surface area (Å²) in [7, 11) is 1.41. The summed E-state index contributed by atoms with van der Waals surface area (Å²) in [5.74, 6) is -0.236. The Morgan fingerprint density at radius 3 is 2.63 bits per heavy atom. The van der Waals surface area contributed by atoms with Gasteiger partial charge in [-0.3, -0.25) is 0 Å². The van der Waals surface area contributed by atoms with Gasteiger partial charge >= 0.3 is 5.97 Å². The molecular formula is C16H23NO2. The zero-order valence-electron chi connectivity index (χ0n) is 12.0. The second-order valence-corrected chi connectivity index (χ2v) is 4.57. The van der Waals surface area contributed by atoms with Gasteiger partial charge in [-0.1, -0.05) is 43.3 Å². The van der Waals surface area contributed by atoms with Gasteiger partial charge in [-0.25, -0.2) is 4.79 Å². The molecule has 0 radical (unpaired) electrons. The summed E-state index contributed by atoms with van der Waals surface area (Å²) >= 11 is 0. The number of rotatable bonds is 7. The molecule has 0 saturated carbocycles. The number of nitrogens with one attached hydrogen (secondary N) is 1.